The number of carbonyl (C=O) groups is 2. The molecular formula is C23H28Cl3N3O4S. The van der Waals surface area contributed by atoms with E-state index in [9.17, 15) is 18.0 Å². The van der Waals surface area contributed by atoms with Crippen molar-refractivity contribution in [2.45, 2.75) is 46.3 Å². The van der Waals surface area contributed by atoms with Crippen LogP contribution in [0.4, 0.5) is 5.69 Å². The minimum Gasteiger partial charge on any atom is -0.352 e. The zero-order chi connectivity index (χ0) is 25.8. The highest BCUT2D eigenvalue weighted by atomic mass is 35.5. The second-order valence-electron chi connectivity index (χ2n) is 8.26. The molecule has 0 saturated carbocycles. The second-order valence-corrected chi connectivity index (χ2v) is 11.4. The summed E-state index contributed by atoms with van der Waals surface area (Å²) in [7, 11) is -3.86. The highest BCUT2D eigenvalue weighted by Crippen LogP contribution is 2.28. The number of carbonyl (C=O) groups excluding carboxylic acids is 2. The number of nitrogens with one attached hydrogen (secondary N) is 1. The van der Waals surface area contributed by atoms with E-state index in [0.29, 0.717) is 20.6 Å². The molecule has 0 aliphatic heterocycles. The summed E-state index contributed by atoms with van der Waals surface area (Å²) in [5.74, 6) is -1.000. The predicted molar refractivity (Wildman–Crippen MR) is 138 cm³/mol. The maximum Gasteiger partial charge on any atom is 0.244 e. The zero-order valence-electron chi connectivity index (χ0n) is 19.6. The first-order valence-electron chi connectivity index (χ1n) is 10.5. The maximum absolute atomic E-state index is 13.5. The van der Waals surface area contributed by atoms with Gasteiger partial charge in [-0.3, -0.25) is 13.9 Å². The molecule has 0 bridgehead atoms. The molecule has 0 aliphatic rings. The van der Waals surface area contributed by atoms with Crippen molar-refractivity contribution in [2.24, 2.45) is 0 Å². The number of aryl methyl sites for hydroxylation is 1. The Morgan fingerprint density at radius 3 is 2.09 bits per heavy atom. The summed E-state index contributed by atoms with van der Waals surface area (Å²) in [6.07, 6.45) is 0.998. The fraction of sp³-hybridized carbons (Fsp3) is 0.391. The van der Waals surface area contributed by atoms with Crippen LogP contribution in [0.2, 0.25) is 15.1 Å². The van der Waals surface area contributed by atoms with Gasteiger partial charge in [-0.2, -0.15) is 0 Å². The molecule has 2 aromatic rings. The Morgan fingerprint density at radius 2 is 1.59 bits per heavy atom. The first-order valence-corrected chi connectivity index (χ1v) is 13.5. The average molecular weight is 549 g/mol. The number of amides is 2. The van der Waals surface area contributed by atoms with Crippen molar-refractivity contribution in [3.8, 4) is 0 Å². The third-order valence-electron chi connectivity index (χ3n) is 5.11. The van der Waals surface area contributed by atoms with Gasteiger partial charge < -0.3 is 10.2 Å². The van der Waals surface area contributed by atoms with Crippen molar-refractivity contribution < 1.29 is 18.0 Å². The van der Waals surface area contributed by atoms with Gasteiger partial charge in [0.1, 0.15) is 12.6 Å². The molecule has 0 heterocycles. The highest BCUT2D eigenvalue weighted by Gasteiger charge is 2.31. The molecule has 0 saturated heterocycles. The lowest BCUT2D eigenvalue weighted by molar-refractivity contribution is -0.139. The summed E-state index contributed by atoms with van der Waals surface area (Å²) < 4.78 is 26.1. The van der Waals surface area contributed by atoms with E-state index < -0.39 is 34.4 Å². The normalized spacial score (nSPS) is 12.4. The lowest BCUT2D eigenvalue weighted by Crippen LogP contribution is -2.52. The fourth-order valence-electron chi connectivity index (χ4n) is 3.19. The van der Waals surface area contributed by atoms with Crippen LogP contribution in [-0.4, -0.2) is 50.0 Å². The van der Waals surface area contributed by atoms with Crippen LogP contribution in [0, 0.1) is 6.92 Å². The van der Waals surface area contributed by atoms with E-state index in [4.69, 9.17) is 34.8 Å². The number of hydrogen-bond acceptors (Lipinski definition) is 4. The molecule has 0 aromatic heterocycles. The van der Waals surface area contributed by atoms with Crippen LogP contribution in [0.15, 0.2) is 36.4 Å². The first kappa shape index (κ1) is 28.2. The van der Waals surface area contributed by atoms with E-state index >= 15 is 0 Å². The van der Waals surface area contributed by atoms with Crippen LogP contribution < -0.4 is 9.62 Å². The first-order chi connectivity index (χ1) is 15.7. The minimum atomic E-state index is -3.86. The molecule has 11 heteroatoms. The zero-order valence-corrected chi connectivity index (χ0v) is 22.7. The number of sulfonamides is 1. The molecule has 2 amide bonds. The van der Waals surface area contributed by atoms with E-state index in [0.717, 1.165) is 16.1 Å². The van der Waals surface area contributed by atoms with Crippen molar-refractivity contribution in [3.05, 3.63) is 62.6 Å². The summed E-state index contributed by atoms with van der Waals surface area (Å²) in [5, 5.41) is 3.79. The van der Waals surface area contributed by atoms with Crippen LogP contribution in [-0.2, 0) is 26.2 Å². The van der Waals surface area contributed by atoms with E-state index in [1.165, 1.54) is 11.0 Å². The van der Waals surface area contributed by atoms with Crippen LogP contribution in [0.1, 0.15) is 31.9 Å². The minimum absolute atomic E-state index is 0.0870. The molecule has 186 valence electrons. The van der Waals surface area contributed by atoms with E-state index in [1.807, 2.05) is 0 Å². The van der Waals surface area contributed by atoms with Crippen molar-refractivity contribution in [1.29, 1.82) is 0 Å². The standard InChI is InChI=1S/C23H28Cl3N3O4S/c1-14(2)27-23(31)16(4)28(12-18-19(24)7-6-8-20(18)25)22(30)13-29(34(5,32)33)17-10-9-15(3)21(26)11-17/h6-11,14,16H,12-13H2,1-5H3,(H,27,31). The van der Waals surface area contributed by atoms with Gasteiger partial charge in [0.25, 0.3) is 0 Å². The average Bonchev–Trinajstić information content (AvgIpc) is 2.72. The second kappa shape index (κ2) is 11.6. The predicted octanol–water partition coefficient (Wildman–Crippen LogP) is 4.66. The van der Waals surface area contributed by atoms with Gasteiger partial charge in [0.15, 0.2) is 0 Å². The molecule has 2 aromatic carbocycles. The van der Waals surface area contributed by atoms with Gasteiger partial charge in [-0.25, -0.2) is 8.42 Å². The number of nitrogens with zero attached hydrogens (tertiary/aromatic N) is 2. The maximum atomic E-state index is 13.5. The van der Waals surface area contributed by atoms with Crippen LogP contribution in [0.3, 0.4) is 0 Å². The van der Waals surface area contributed by atoms with E-state index in [1.54, 1.807) is 58.0 Å². The molecule has 1 unspecified atom stereocenters. The molecule has 2 rings (SSSR count). The van der Waals surface area contributed by atoms with Gasteiger partial charge in [0, 0.05) is 33.2 Å². The largest absolute Gasteiger partial charge is 0.352 e. The molecule has 1 N–H and O–H groups in total. The number of benzene rings is 2. The molecule has 1 atom stereocenters. The Bertz CT molecular complexity index is 1150. The monoisotopic (exact) mass is 547 g/mol. The van der Waals surface area contributed by atoms with Gasteiger partial charge >= 0.3 is 0 Å². The molecular weight excluding hydrogens is 521 g/mol. The Hall–Kier alpha value is -2.00. The quantitative estimate of drug-likeness (QED) is 0.494. The lowest BCUT2D eigenvalue weighted by atomic mass is 10.1. The Balaban J connectivity index is 2.47. The summed E-state index contributed by atoms with van der Waals surface area (Å²) in [5.41, 5.74) is 1.45. The van der Waals surface area contributed by atoms with Crippen molar-refractivity contribution >= 4 is 62.3 Å². The molecule has 34 heavy (non-hydrogen) atoms. The highest BCUT2D eigenvalue weighted by molar-refractivity contribution is 7.92. The SMILES string of the molecule is Cc1ccc(N(CC(=O)N(Cc2c(Cl)cccc2Cl)C(C)C(=O)NC(C)C)S(C)(=O)=O)cc1Cl. The summed E-state index contributed by atoms with van der Waals surface area (Å²) in [6, 6.07) is 8.56. The summed E-state index contributed by atoms with van der Waals surface area (Å²) in [4.78, 5) is 27.5. The van der Waals surface area contributed by atoms with Gasteiger partial charge in [-0.1, -0.05) is 46.9 Å². The third kappa shape index (κ3) is 7.25. The Kier molecular flexibility index (Phi) is 9.65. The van der Waals surface area contributed by atoms with Crippen molar-refractivity contribution in [3.63, 3.8) is 0 Å². The van der Waals surface area contributed by atoms with Crippen molar-refractivity contribution in [2.75, 3.05) is 17.1 Å². The lowest BCUT2D eigenvalue weighted by Gasteiger charge is -2.32. The fourth-order valence-corrected chi connectivity index (χ4v) is 4.73. The summed E-state index contributed by atoms with van der Waals surface area (Å²) in [6.45, 7) is 6.32. The Morgan fingerprint density at radius 1 is 1.00 bits per heavy atom. The number of hydrogen-bond donors (Lipinski definition) is 1. The molecule has 0 radical (unpaired) electrons. The number of rotatable bonds is 9. The van der Waals surface area contributed by atoms with Gasteiger partial charge in [-0.15, -0.1) is 0 Å². The Labute approximate surface area is 216 Å². The molecule has 0 aliphatic carbocycles. The summed E-state index contributed by atoms with van der Waals surface area (Å²) >= 11 is 18.8. The third-order valence-corrected chi connectivity index (χ3v) is 7.37. The van der Waals surface area contributed by atoms with E-state index in [-0.39, 0.29) is 18.3 Å². The van der Waals surface area contributed by atoms with Gasteiger partial charge in [0.2, 0.25) is 21.8 Å². The van der Waals surface area contributed by atoms with Crippen LogP contribution >= 0.6 is 34.8 Å². The van der Waals surface area contributed by atoms with Crippen molar-refractivity contribution in [1.82, 2.24) is 10.2 Å². The van der Waals surface area contributed by atoms with Gasteiger partial charge in [0.05, 0.1) is 11.9 Å². The van der Waals surface area contributed by atoms with Crippen LogP contribution in [0.25, 0.3) is 0 Å². The molecule has 0 fully saturated rings. The smallest absolute Gasteiger partial charge is 0.244 e. The van der Waals surface area contributed by atoms with Crippen LogP contribution in [0.5, 0.6) is 0 Å². The number of halogens is 3. The number of anilines is 1. The van der Waals surface area contributed by atoms with E-state index in [2.05, 4.69) is 5.32 Å². The van der Waals surface area contributed by atoms with Gasteiger partial charge in [-0.05, 0) is 57.5 Å². The molecule has 7 nitrogen and oxygen atoms in total. The molecule has 0 spiro atoms. The topological polar surface area (TPSA) is 86.8 Å².